The smallest absolute Gasteiger partial charge is 0.248 e. The molecule has 0 radical (unpaired) electrons. The number of carbonyl (C=O) groups is 1. The maximum absolute atomic E-state index is 11.2. The highest BCUT2D eigenvalue weighted by molar-refractivity contribution is 5.94. The van der Waals surface area contributed by atoms with E-state index in [0.717, 1.165) is 5.39 Å². The number of hydrogen-bond acceptors (Lipinski definition) is 5. The average molecular weight is 294 g/mol. The number of para-hydroxylation sites is 1. The van der Waals surface area contributed by atoms with Crippen LogP contribution in [0.1, 0.15) is 10.4 Å². The van der Waals surface area contributed by atoms with Crippen molar-refractivity contribution in [2.45, 2.75) is 0 Å². The molecule has 3 N–H and O–H groups in total. The first kappa shape index (κ1) is 13.8. The maximum Gasteiger partial charge on any atom is 0.248 e. The van der Waals surface area contributed by atoms with Crippen molar-refractivity contribution in [3.8, 4) is 5.75 Å². The van der Waals surface area contributed by atoms with Gasteiger partial charge in [0.2, 0.25) is 11.9 Å². The number of aromatic nitrogens is 2. The summed E-state index contributed by atoms with van der Waals surface area (Å²) in [4.78, 5) is 19.9. The van der Waals surface area contributed by atoms with Crippen LogP contribution in [-0.2, 0) is 0 Å². The minimum absolute atomic E-state index is 0.415. The van der Waals surface area contributed by atoms with Gasteiger partial charge in [0.15, 0.2) is 0 Å². The number of hydrogen-bond donors (Lipinski definition) is 2. The van der Waals surface area contributed by atoms with E-state index in [1.54, 1.807) is 31.5 Å². The lowest BCUT2D eigenvalue weighted by atomic mass is 10.2. The highest BCUT2D eigenvalue weighted by Crippen LogP contribution is 2.24. The minimum Gasteiger partial charge on any atom is -0.494 e. The molecule has 0 fully saturated rings. The zero-order valence-corrected chi connectivity index (χ0v) is 11.9. The highest BCUT2D eigenvalue weighted by atomic mass is 16.5. The molecule has 22 heavy (non-hydrogen) atoms. The van der Waals surface area contributed by atoms with Crippen LogP contribution in [0.5, 0.6) is 5.75 Å². The molecule has 110 valence electrons. The van der Waals surface area contributed by atoms with Crippen LogP contribution in [0, 0.1) is 0 Å². The summed E-state index contributed by atoms with van der Waals surface area (Å²) in [6.07, 6.45) is 1.71. The van der Waals surface area contributed by atoms with Crippen LogP contribution in [0.3, 0.4) is 0 Å². The van der Waals surface area contributed by atoms with Gasteiger partial charge in [0.25, 0.3) is 0 Å². The lowest BCUT2D eigenvalue weighted by molar-refractivity contribution is 0.100. The van der Waals surface area contributed by atoms with E-state index in [1.807, 2.05) is 24.3 Å². The summed E-state index contributed by atoms with van der Waals surface area (Å²) in [7, 11) is 1.60. The Morgan fingerprint density at radius 2 is 2.05 bits per heavy atom. The summed E-state index contributed by atoms with van der Waals surface area (Å²) in [6.45, 7) is 0. The van der Waals surface area contributed by atoms with Gasteiger partial charge in [0.1, 0.15) is 11.3 Å². The van der Waals surface area contributed by atoms with Gasteiger partial charge >= 0.3 is 0 Å². The molecule has 0 aliphatic rings. The molecule has 2 aromatic carbocycles. The van der Waals surface area contributed by atoms with Crippen molar-refractivity contribution in [2.75, 3.05) is 12.4 Å². The van der Waals surface area contributed by atoms with E-state index in [0.29, 0.717) is 28.5 Å². The van der Waals surface area contributed by atoms with Gasteiger partial charge in [-0.25, -0.2) is 9.97 Å². The Balaban J connectivity index is 1.97. The van der Waals surface area contributed by atoms with Crippen molar-refractivity contribution in [1.82, 2.24) is 9.97 Å². The molecule has 1 heterocycles. The van der Waals surface area contributed by atoms with Gasteiger partial charge in [-0.05, 0) is 24.3 Å². The van der Waals surface area contributed by atoms with E-state index in [9.17, 15) is 4.79 Å². The van der Waals surface area contributed by atoms with E-state index in [1.165, 1.54) is 0 Å². The molecule has 3 aromatic rings. The Bertz CT molecular complexity index is 848. The Morgan fingerprint density at radius 3 is 2.82 bits per heavy atom. The molecule has 0 bridgehead atoms. The number of nitrogens with zero attached hydrogens (tertiary/aromatic N) is 2. The molecule has 0 atom stereocenters. The number of primary amides is 1. The van der Waals surface area contributed by atoms with Gasteiger partial charge < -0.3 is 15.8 Å². The van der Waals surface area contributed by atoms with Crippen LogP contribution >= 0.6 is 0 Å². The van der Waals surface area contributed by atoms with Crippen molar-refractivity contribution < 1.29 is 9.53 Å². The van der Waals surface area contributed by atoms with Crippen LogP contribution in [0.15, 0.2) is 48.7 Å². The SMILES string of the molecule is COc1cccc2cnc(Nc3cccc(C(N)=O)c3)nc12. The van der Waals surface area contributed by atoms with Gasteiger partial charge in [0.05, 0.1) is 7.11 Å². The van der Waals surface area contributed by atoms with E-state index in [-0.39, 0.29) is 0 Å². The Hall–Kier alpha value is -3.15. The predicted octanol–water partition coefficient (Wildman–Crippen LogP) is 2.48. The van der Waals surface area contributed by atoms with Gasteiger partial charge in [-0.1, -0.05) is 18.2 Å². The summed E-state index contributed by atoms with van der Waals surface area (Å²) in [6, 6.07) is 12.5. The fourth-order valence-electron chi connectivity index (χ4n) is 2.13. The first-order valence-electron chi connectivity index (χ1n) is 6.64. The van der Waals surface area contributed by atoms with E-state index in [4.69, 9.17) is 10.5 Å². The van der Waals surface area contributed by atoms with Crippen molar-refractivity contribution in [1.29, 1.82) is 0 Å². The summed E-state index contributed by atoms with van der Waals surface area (Å²) >= 11 is 0. The lowest BCUT2D eigenvalue weighted by Gasteiger charge is -2.08. The summed E-state index contributed by atoms with van der Waals surface area (Å²) in [5.74, 6) is 0.609. The molecule has 6 nitrogen and oxygen atoms in total. The third kappa shape index (κ3) is 2.67. The topological polar surface area (TPSA) is 90.1 Å². The molecule has 0 saturated heterocycles. The Morgan fingerprint density at radius 1 is 1.23 bits per heavy atom. The van der Waals surface area contributed by atoms with Crippen LogP contribution in [0.25, 0.3) is 10.9 Å². The highest BCUT2D eigenvalue weighted by Gasteiger charge is 2.06. The zero-order valence-electron chi connectivity index (χ0n) is 11.9. The van der Waals surface area contributed by atoms with Crippen LogP contribution < -0.4 is 15.8 Å². The van der Waals surface area contributed by atoms with Crippen molar-refractivity contribution >= 4 is 28.4 Å². The van der Waals surface area contributed by atoms with Gasteiger partial charge in [-0.3, -0.25) is 4.79 Å². The van der Waals surface area contributed by atoms with Gasteiger partial charge in [-0.15, -0.1) is 0 Å². The number of fused-ring (bicyclic) bond motifs is 1. The second kappa shape index (κ2) is 5.69. The largest absolute Gasteiger partial charge is 0.494 e. The van der Waals surface area contributed by atoms with E-state index < -0.39 is 5.91 Å². The molecule has 1 aromatic heterocycles. The molecule has 0 aliphatic carbocycles. The molecular formula is C16H14N4O2. The number of anilines is 2. The monoisotopic (exact) mass is 294 g/mol. The fraction of sp³-hybridized carbons (Fsp3) is 0.0625. The fourth-order valence-corrected chi connectivity index (χ4v) is 2.13. The normalized spacial score (nSPS) is 10.4. The summed E-state index contributed by atoms with van der Waals surface area (Å²) < 4.78 is 5.30. The Labute approximate surface area is 127 Å². The third-order valence-electron chi connectivity index (χ3n) is 3.20. The number of benzene rings is 2. The Kier molecular flexibility index (Phi) is 3.57. The first-order chi connectivity index (χ1) is 10.7. The molecule has 0 unspecified atom stereocenters. The van der Waals surface area contributed by atoms with Gasteiger partial charge in [-0.2, -0.15) is 0 Å². The number of rotatable bonds is 4. The van der Waals surface area contributed by atoms with E-state index in [2.05, 4.69) is 15.3 Å². The molecule has 3 rings (SSSR count). The molecule has 6 heteroatoms. The molecular weight excluding hydrogens is 280 g/mol. The average Bonchev–Trinajstić information content (AvgIpc) is 2.54. The maximum atomic E-state index is 11.2. The predicted molar refractivity (Wildman–Crippen MR) is 84.3 cm³/mol. The van der Waals surface area contributed by atoms with Crippen molar-refractivity contribution in [3.05, 3.63) is 54.2 Å². The number of carbonyl (C=O) groups excluding carboxylic acids is 1. The van der Waals surface area contributed by atoms with Crippen LogP contribution in [0.2, 0.25) is 0 Å². The third-order valence-corrected chi connectivity index (χ3v) is 3.20. The number of ether oxygens (including phenoxy) is 1. The number of nitrogens with one attached hydrogen (secondary N) is 1. The van der Waals surface area contributed by atoms with Crippen molar-refractivity contribution in [3.63, 3.8) is 0 Å². The van der Waals surface area contributed by atoms with Crippen molar-refractivity contribution in [2.24, 2.45) is 5.73 Å². The molecule has 0 saturated carbocycles. The second-order valence-corrected chi connectivity index (χ2v) is 4.66. The standard InChI is InChI=1S/C16H14N4O2/c1-22-13-7-3-5-11-9-18-16(20-14(11)13)19-12-6-2-4-10(8-12)15(17)21/h2-9H,1H3,(H2,17,21)(H,18,19,20). The van der Waals surface area contributed by atoms with Crippen LogP contribution in [0.4, 0.5) is 11.6 Å². The summed E-state index contributed by atoms with van der Waals surface area (Å²) in [5, 5.41) is 3.94. The zero-order chi connectivity index (χ0) is 15.5. The number of nitrogens with two attached hydrogens (primary N) is 1. The minimum atomic E-state index is -0.482. The quantitative estimate of drug-likeness (QED) is 0.771. The molecule has 0 spiro atoms. The molecule has 1 amide bonds. The number of amides is 1. The summed E-state index contributed by atoms with van der Waals surface area (Å²) in [5.41, 5.74) is 7.10. The van der Waals surface area contributed by atoms with Gasteiger partial charge in [0, 0.05) is 22.8 Å². The number of methoxy groups -OCH3 is 1. The molecule has 0 aliphatic heterocycles. The lowest BCUT2D eigenvalue weighted by Crippen LogP contribution is -2.11. The first-order valence-corrected chi connectivity index (χ1v) is 6.64. The second-order valence-electron chi connectivity index (χ2n) is 4.66. The van der Waals surface area contributed by atoms with E-state index >= 15 is 0 Å². The van der Waals surface area contributed by atoms with Crippen LogP contribution in [-0.4, -0.2) is 23.0 Å².